The highest BCUT2D eigenvalue weighted by molar-refractivity contribution is 5.14. The van der Waals surface area contributed by atoms with Crippen LogP contribution in [0.25, 0.3) is 0 Å². The van der Waals surface area contributed by atoms with Crippen molar-refractivity contribution in [2.45, 2.75) is 175 Å². The van der Waals surface area contributed by atoms with E-state index in [1.54, 1.807) is 5.82 Å². The van der Waals surface area contributed by atoms with Crippen molar-refractivity contribution in [1.29, 1.82) is 0 Å². The fourth-order valence-corrected chi connectivity index (χ4v) is 5.83. The summed E-state index contributed by atoms with van der Waals surface area (Å²) in [7, 11) is 0. The molecule has 0 saturated heterocycles. The molecule has 2 heteroatoms. The van der Waals surface area contributed by atoms with Gasteiger partial charge in [-0.2, -0.15) is 0 Å². The van der Waals surface area contributed by atoms with Gasteiger partial charge in [-0.3, -0.25) is 0 Å². The first kappa shape index (κ1) is 32.6. The van der Waals surface area contributed by atoms with E-state index < -0.39 is 0 Å². The number of imidazole rings is 1. The van der Waals surface area contributed by atoms with E-state index in [4.69, 9.17) is 0 Å². The van der Waals surface area contributed by atoms with E-state index in [0.717, 1.165) is 6.54 Å². The number of hydrogen-bond acceptors (Lipinski definition) is 0. The monoisotopic (exact) mass is 523 g/mol. The molecule has 0 amide bonds. The fourth-order valence-electron chi connectivity index (χ4n) is 5.83. The zero-order chi connectivity index (χ0) is 26.9. The Labute approximate surface area is 237 Å². The first-order valence-electron chi connectivity index (χ1n) is 17.0. The van der Waals surface area contributed by atoms with Gasteiger partial charge in [0.05, 0.1) is 13.1 Å². The number of aromatic nitrogens is 2. The molecule has 1 aromatic heterocycles. The number of nitrogens with zero attached hydrogens (tertiary/aromatic N) is 2. The van der Waals surface area contributed by atoms with Crippen LogP contribution in [0.2, 0.25) is 0 Å². The van der Waals surface area contributed by atoms with Gasteiger partial charge in [-0.1, -0.05) is 153 Å². The van der Waals surface area contributed by atoms with Crippen LogP contribution < -0.4 is 4.57 Å². The molecule has 38 heavy (non-hydrogen) atoms. The maximum absolute atomic E-state index is 2.60. The molecule has 0 aliphatic heterocycles. The van der Waals surface area contributed by atoms with Gasteiger partial charge >= 0.3 is 0 Å². The lowest BCUT2D eigenvalue weighted by Gasteiger charge is -2.07. The highest BCUT2D eigenvalue weighted by Gasteiger charge is 2.16. The highest BCUT2D eigenvalue weighted by atomic mass is 15.1. The van der Waals surface area contributed by atoms with Crippen LogP contribution in [0.15, 0.2) is 42.7 Å². The predicted molar refractivity (Wildman–Crippen MR) is 167 cm³/mol. The average Bonchev–Trinajstić information content (AvgIpc) is 3.32. The quantitative estimate of drug-likeness (QED) is 0.0856. The van der Waals surface area contributed by atoms with E-state index in [-0.39, 0.29) is 0 Å². The Morgan fingerprint density at radius 3 is 1.58 bits per heavy atom. The molecule has 0 unspecified atom stereocenters. The summed E-state index contributed by atoms with van der Waals surface area (Å²) in [5.41, 5.74) is 1.47. The highest BCUT2D eigenvalue weighted by Crippen LogP contribution is 2.14. The second-order valence-corrected chi connectivity index (χ2v) is 11.8. The zero-order valence-electron chi connectivity index (χ0n) is 25.6. The summed E-state index contributed by atoms with van der Waals surface area (Å²) in [5.74, 6) is 1.58. The van der Waals surface area contributed by atoms with Crippen LogP contribution in [0.4, 0.5) is 0 Å². The lowest BCUT2D eigenvalue weighted by molar-refractivity contribution is -0.704. The normalized spacial score (nSPS) is 11.4. The molecule has 0 aliphatic carbocycles. The van der Waals surface area contributed by atoms with Crippen molar-refractivity contribution in [2.75, 3.05) is 0 Å². The molecule has 0 spiro atoms. The largest absolute Gasteiger partial charge is 0.256 e. The Bertz CT molecular complexity index is 763. The van der Waals surface area contributed by atoms with Crippen molar-refractivity contribution >= 4 is 0 Å². The average molecular weight is 524 g/mol. The number of rotatable bonds is 26. The zero-order valence-corrected chi connectivity index (χ0v) is 25.6. The van der Waals surface area contributed by atoms with E-state index in [2.05, 4.69) is 65.7 Å². The van der Waals surface area contributed by atoms with E-state index in [1.165, 1.54) is 160 Å². The summed E-state index contributed by atoms with van der Waals surface area (Å²) in [6.45, 7) is 6.96. The second-order valence-electron chi connectivity index (χ2n) is 11.8. The van der Waals surface area contributed by atoms with Crippen LogP contribution in [0.5, 0.6) is 0 Å². The van der Waals surface area contributed by atoms with Gasteiger partial charge < -0.3 is 0 Å². The molecule has 2 nitrogen and oxygen atoms in total. The molecule has 0 N–H and O–H groups in total. The Morgan fingerprint density at radius 2 is 1.03 bits per heavy atom. The molecule has 0 atom stereocenters. The smallest absolute Gasteiger partial charge is 0.234 e. The van der Waals surface area contributed by atoms with Crippen LogP contribution in [0, 0.1) is 0 Å². The minimum Gasteiger partial charge on any atom is -0.234 e. The lowest BCUT2D eigenvalue weighted by Crippen LogP contribution is -2.37. The van der Waals surface area contributed by atoms with Crippen LogP contribution in [-0.2, 0) is 25.9 Å². The van der Waals surface area contributed by atoms with E-state index in [1.807, 2.05) is 0 Å². The maximum atomic E-state index is 2.60. The van der Waals surface area contributed by atoms with Crippen molar-refractivity contribution in [3.8, 4) is 0 Å². The third kappa shape index (κ3) is 15.7. The van der Waals surface area contributed by atoms with Crippen molar-refractivity contribution < 1.29 is 4.57 Å². The molecule has 0 bridgehead atoms. The van der Waals surface area contributed by atoms with E-state index in [9.17, 15) is 0 Å². The van der Waals surface area contributed by atoms with Gasteiger partial charge in [-0.15, -0.1) is 0 Å². The first-order valence-corrected chi connectivity index (χ1v) is 17.0. The lowest BCUT2D eigenvalue weighted by atomic mass is 10.1. The Morgan fingerprint density at radius 1 is 0.526 bits per heavy atom. The minimum atomic E-state index is 1.15. The SMILES string of the molecule is CCCCCCCCCCCCCc1n(CCCCCCCCCCC)cc[n+]1CCCc1ccccc1. The molecule has 0 aliphatic rings. The molecule has 1 aromatic carbocycles. The fraction of sp³-hybridized carbons (Fsp3) is 0.750. The summed E-state index contributed by atoms with van der Waals surface area (Å²) in [6, 6.07) is 11.0. The van der Waals surface area contributed by atoms with Gasteiger partial charge in [-0.25, -0.2) is 9.13 Å². The topological polar surface area (TPSA) is 8.81 Å². The van der Waals surface area contributed by atoms with E-state index in [0.29, 0.717) is 0 Å². The number of hydrogen-bond donors (Lipinski definition) is 0. The Kier molecular flexibility index (Phi) is 20.0. The maximum Gasteiger partial charge on any atom is 0.256 e. The molecule has 1 heterocycles. The summed E-state index contributed by atoms with van der Waals surface area (Å²) in [4.78, 5) is 0. The van der Waals surface area contributed by atoms with Gasteiger partial charge in [0.2, 0.25) is 0 Å². The summed E-state index contributed by atoms with van der Waals surface area (Å²) in [5, 5.41) is 0. The van der Waals surface area contributed by atoms with Gasteiger partial charge in [0.25, 0.3) is 5.82 Å². The number of aryl methyl sites for hydroxylation is 3. The number of unbranched alkanes of at least 4 members (excludes halogenated alkanes) is 18. The van der Waals surface area contributed by atoms with Crippen molar-refractivity contribution in [3.05, 3.63) is 54.1 Å². The van der Waals surface area contributed by atoms with Crippen molar-refractivity contribution in [1.82, 2.24) is 4.57 Å². The Hall–Kier alpha value is -1.57. The summed E-state index contributed by atoms with van der Waals surface area (Å²) < 4.78 is 5.17. The van der Waals surface area contributed by atoms with Gasteiger partial charge in [0.1, 0.15) is 12.4 Å². The first-order chi connectivity index (χ1) is 18.8. The predicted octanol–water partition coefficient (Wildman–Crippen LogP) is 10.8. The van der Waals surface area contributed by atoms with Gasteiger partial charge in [0.15, 0.2) is 0 Å². The molecule has 2 aromatic rings. The molecular formula is C36H63N2+. The van der Waals surface area contributed by atoms with Gasteiger partial charge in [-0.05, 0) is 37.7 Å². The second kappa shape index (κ2) is 23.3. The standard InChI is InChI=1S/C36H63N2/c1-3-5-7-9-11-13-14-15-17-19-24-30-36-37(31-25-20-18-16-12-10-8-6-4-2)33-34-38(36)32-26-29-35-27-22-21-23-28-35/h21-23,27-28,33-34H,3-20,24-26,29-32H2,1-2H3/q+1. The molecule has 0 saturated carbocycles. The Balaban J connectivity index is 1.70. The summed E-state index contributed by atoms with van der Waals surface area (Å²) in [6.07, 6.45) is 36.7. The number of benzene rings is 1. The van der Waals surface area contributed by atoms with Gasteiger partial charge in [0, 0.05) is 6.42 Å². The summed E-state index contributed by atoms with van der Waals surface area (Å²) >= 11 is 0. The van der Waals surface area contributed by atoms with Crippen LogP contribution in [-0.4, -0.2) is 4.57 Å². The van der Waals surface area contributed by atoms with Crippen molar-refractivity contribution in [2.24, 2.45) is 0 Å². The minimum absolute atomic E-state index is 1.15. The molecular weight excluding hydrogens is 460 g/mol. The van der Waals surface area contributed by atoms with Crippen LogP contribution in [0.1, 0.15) is 160 Å². The molecule has 216 valence electrons. The van der Waals surface area contributed by atoms with Crippen LogP contribution in [0.3, 0.4) is 0 Å². The molecule has 0 radical (unpaired) electrons. The molecule has 0 fully saturated rings. The van der Waals surface area contributed by atoms with Crippen LogP contribution >= 0.6 is 0 Å². The third-order valence-electron chi connectivity index (χ3n) is 8.30. The van der Waals surface area contributed by atoms with Crippen molar-refractivity contribution in [3.63, 3.8) is 0 Å². The third-order valence-corrected chi connectivity index (χ3v) is 8.30. The van der Waals surface area contributed by atoms with E-state index >= 15 is 0 Å². The molecule has 2 rings (SSSR count).